The summed E-state index contributed by atoms with van der Waals surface area (Å²) in [6.45, 7) is 2.17. The van der Waals surface area contributed by atoms with Gasteiger partial charge in [0.15, 0.2) is 0 Å². The van der Waals surface area contributed by atoms with E-state index in [0.29, 0.717) is 0 Å². The van der Waals surface area contributed by atoms with Gasteiger partial charge in [-0.3, -0.25) is 4.99 Å². The van der Waals surface area contributed by atoms with Gasteiger partial charge in [-0.1, -0.05) is 43.7 Å². The fourth-order valence-corrected chi connectivity index (χ4v) is 1.94. The molecule has 0 atom stereocenters. The largest absolute Gasteiger partial charge is 0.497 e. The summed E-state index contributed by atoms with van der Waals surface area (Å²) in [7, 11) is 1.67. The Morgan fingerprint density at radius 2 is 1.68 bits per heavy atom. The maximum Gasteiger partial charge on any atom is 0.119 e. The van der Waals surface area contributed by atoms with Crippen LogP contribution in [0, 0.1) is 0 Å². The molecule has 0 fully saturated rings. The van der Waals surface area contributed by atoms with E-state index in [2.05, 4.69) is 31.2 Å². The normalized spacial score (nSPS) is 11.4. The molecule has 2 aromatic rings. The minimum Gasteiger partial charge on any atom is -0.497 e. The van der Waals surface area contributed by atoms with Crippen LogP contribution in [-0.2, 0) is 0 Å². The van der Waals surface area contributed by atoms with Crippen LogP contribution in [0.5, 0.6) is 5.75 Å². The Morgan fingerprint density at radius 3 is 2.26 bits per heavy atom. The maximum atomic E-state index is 5.16. The van der Waals surface area contributed by atoms with Gasteiger partial charge in [-0.05, 0) is 36.2 Å². The second kappa shape index (κ2) is 6.74. The molecular weight excluding hydrogens is 234 g/mol. The van der Waals surface area contributed by atoms with Crippen molar-refractivity contribution < 1.29 is 4.74 Å². The number of rotatable bonds is 5. The van der Waals surface area contributed by atoms with Gasteiger partial charge in [0.05, 0.1) is 12.8 Å². The van der Waals surface area contributed by atoms with Crippen molar-refractivity contribution in [3.05, 3.63) is 60.2 Å². The lowest BCUT2D eigenvalue weighted by atomic mass is 10.1. The van der Waals surface area contributed by atoms with Crippen molar-refractivity contribution in [3.8, 4) is 5.75 Å². The van der Waals surface area contributed by atoms with Crippen LogP contribution >= 0.6 is 0 Å². The molecule has 0 radical (unpaired) electrons. The highest BCUT2D eigenvalue weighted by molar-refractivity contribution is 6.02. The molecule has 98 valence electrons. The van der Waals surface area contributed by atoms with Crippen molar-refractivity contribution in [1.29, 1.82) is 0 Å². The molecule has 0 aromatic heterocycles. The minimum absolute atomic E-state index is 0.857. The first kappa shape index (κ1) is 13.3. The Bertz CT molecular complexity index is 529. The van der Waals surface area contributed by atoms with Crippen molar-refractivity contribution in [2.24, 2.45) is 4.99 Å². The summed E-state index contributed by atoms with van der Waals surface area (Å²) < 4.78 is 5.16. The molecule has 0 aliphatic rings. The zero-order valence-corrected chi connectivity index (χ0v) is 11.5. The van der Waals surface area contributed by atoms with E-state index in [4.69, 9.17) is 9.73 Å². The third-order valence-electron chi connectivity index (χ3n) is 2.93. The Labute approximate surface area is 114 Å². The van der Waals surface area contributed by atoms with Gasteiger partial charge in [-0.15, -0.1) is 0 Å². The Kier molecular flexibility index (Phi) is 4.73. The highest BCUT2D eigenvalue weighted by Crippen LogP contribution is 2.20. The van der Waals surface area contributed by atoms with E-state index in [1.54, 1.807) is 7.11 Å². The Hall–Kier alpha value is -2.09. The monoisotopic (exact) mass is 253 g/mol. The smallest absolute Gasteiger partial charge is 0.119 e. The summed E-state index contributed by atoms with van der Waals surface area (Å²) in [5, 5.41) is 0. The third-order valence-corrected chi connectivity index (χ3v) is 2.93. The van der Waals surface area contributed by atoms with Gasteiger partial charge < -0.3 is 4.74 Å². The van der Waals surface area contributed by atoms with Crippen molar-refractivity contribution in [2.45, 2.75) is 19.8 Å². The Morgan fingerprint density at radius 1 is 1.00 bits per heavy atom. The molecule has 0 spiro atoms. The number of hydrogen-bond acceptors (Lipinski definition) is 2. The number of hydrogen-bond donors (Lipinski definition) is 0. The van der Waals surface area contributed by atoms with Crippen LogP contribution in [0.15, 0.2) is 59.6 Å². The Balaban J connectivity index is 2.29. The highest BCUT2D eigenvalue weighted by Gasteiger charge is 2.02. The minimum atomic E-state index is 0.857. The summed E-state index contributed by atoms with van der Waals surface area (Å²) in [4.78, 5) is 4.76. The van der Waals surface area contributed by atoms with E-state index < -0.39 is 0 Å². The lowest BCUT2D eigenvalue weighted by Crippen LogP contribution is -1.99. The quantitative estimate of drug-likeness (QED) is 0.713. The number of benzene rings is 2. The fraction of sp³-hybridized carbons (Fsp3) is 0.235. The van der Waals surface area contributed by atoms with Gasteiger partial charge in [-0.2, -0.15) is 0 Å². The molecule has 2 aromatic carbocycles. The lowest BCUT2D eigenvalue weighted by molar-refractivity contribution is 0.415. The van der Waals surface area contributed by atoms with Gasteiger partial charge in [0, 0.05) is 5.71 Å². The molecule has 2 rings (SSSR count). The van der Waals surface area contributed by atoms with E-state index >= 15 is 0 Å². The van der Waals surface area contributed by atoms with Crippen LogP contribution in [0.4, 0.5) is 5.69 Å². The van der Waals surface area contributed by atoms with Crippen LogP contribution in [0.1, 0.15) is 25.3 Å². The van der Waals surface area contributed by atoms with Crippen molar-refractivity contribution in [3.63, 3.8) is 0 Å². The van der Waals surface area contributed by atoms with Crippen LogP contribution in [0.3, 0.4) is 0 Å². The first-order valence-electron chi connectivity index (χ1n) is 6.60. The third kappa shape index (κ3) is 3.68. The number of nitrogens with zero attached hydrogens (tertiary/aromatic N) is 1. The topological polar surface area (TPSA) is 21.6 Å². The molecule has 0 aliphatic heterocycles. The highest BCUT2D eigenvalue weighted by atomic mass is 16.5. The standard InChI is InChI=1S/C17H19NO/c1-3-7-17(14-8-5-4-6-9-14)18-15-10-12-16(19-2)13-11-15/h4-6,8-13H,3,7H2,1-2H3. The predicted octanol–water partition coefficient (Wildman–Crippen LogP) is 4.62. The summed E-state index contributed by atoms with van der Waals surface area (Å²) in [5.41, 5.74) is 3.29. The van der Waals surface area contributed by atoms with Crippen LogP contribution in [0.2, 0.25) is 0 Å². The molecule has 0 saturated heterocycles. The van der Waals surface area contributed by atoms with Crippen LogP contribution < -0.4 is 4.74 Å². The summed E-state index contributed by atoms with van der Waals surface area (Å²) >= 11 is 0. The zero-order chi connectivity index (χ0) is 13.5. The van der Waals surface area contributed by atoms with Gasteiger partial charge in [0.1, 0.15) is 5.75 Å². The number of aliphatic imine (C=N–C) groups is 1. The van der Waals surface area contributed by atoms with Crippen LogP contribution in [0.25, 0.3) is 0 Å². The molecule has 0 bridgehead atoms. The van der Waals surface area contributed by atoms with E-state index in [1.165, 1.54) is 5.56 Å². The van der Waals surface area contributed by atoms with Gasteiger partial charge in [0.2, 0.25) is 0 Å². The van der Waals surface area contributed by atoms with Gasteiger partial charge in [-0.25, -0.2) is 0 Å². The van der Waals surface area contributed by atoms with Gasteiger partial charge in [0.25, 0.3) is 0 Å². The lowest BCUT2D eigenvalue weighted by Gasteiger charge is -2.06. The summed E-state index contributed by atoms with van der Waals surface area (Å²) in [5.74, 6) is 0.857. The van der Waals surface area contributed by atoms with Crippen LogP contribution in [-0.4, -0.2) is 12.8 Å². The second-order valence-electron chi connectivity index (χ2n) is 4.37. The molecule has 0 aliphatic carbocycles. The average molecular weight is 253 g/mol. The summed E-state index contributed by atoms with van der Waals surface area (Å²) in [6, 6.07) is 18.2. The first-order chi connectivity index (χ1) is 9.33. The molecule has 2 heteroatoms. The van der Waals surface area contributed by atoms with Crippen molar-refractivity contribution in [1.82, 2.24) is 0 Å². The molecule has 0 N–H and O–H groups in total. The first-order valence-corrected chi connectivity index (χ1v) is 6.60. The maximum absolute atomic E-state index is 5.16. The summed E-state index contributed by atoms with van der Waals surface area (Å²) in [6.07, 6.45) is 2.07. The van der Waals surface area contributed by atoms with E-state index in [-0.39, 0.29) is 0 Å². The van der Waals surface area contributed by atoms with E-state index in [1.807, 2.05) is 30.3 Å². The van der Waals surface area contributed by atoms with E-state index in [9.17, 15) is 0 Å². The molecule has 0 unspecified atom stereocenters. The van der Waals surface area contributed by atoms with Crippen molar-refractivity contribution >= 4 is 11.4 Å². The predicted molar refractivity (Wildman–Crippen MR) is 80.5 cm³/mol. The second-order valence-corrected chi connectivity index (χ2v) is 4.37. The zero-order valence-electron chi connectivity index (χ0n) is 11.5. The number of ether oxygens (including phenoxy) is 1. The van der Waals surface area contributed by atoms with Gasteiger partial charge >= 0.3 is 0 Å². The van der Waals surface area contributed by atoms with Crippen molar-refractivity contribution in [2.75, 3.05) is 7.11 Å². The molecular formula is C17H19NO. The van der Waals surface area contributed by atoms with E-state index in [0.717, 1.165) is 30.0 Å². The number of methoxy groups -OCH3 is 1. The molecule has 0 saturated carbocycles. The average Bonchev–Trinajstić information content (AvgIpc) is 2.48. The SMILES string of the molecule is CCCC(=Nc1ccc(OC)cc1)c1ccccc1. The molecule has 19 heavy (non-hydrogen) atoms. The molecule has 0 amide bonds. The molecule has 2 nitrogen and oxygen atoms in total. The fourth-order valence-electron chi connectivity index (χ4n) is 1.94. The molecule has 0 heterocycles.